The van der Waals surface area contributed by atoms with Crippen LogP contribution in [-0.4, -0.2) is 52.8 Å². The molecule has 3 rings (SSSR count). The van der Waals surface area contributed by atoms with Crippen molar-refractivity contribution in [3.05, 3.63) is 52.8 Å². The van der Waals surface area contributed by atoms with Crippen LogP contribution in [0.3, 0.4) is 0 Å². The minimum atomic E-state index is 0.414. The highest BCUT2D eigenvalue weighted by Crippen LogP contribution is 2.22. The molecule has 1 aliphatic rings. The van der Waals surface area contributed by atoms with Crippen molar-refractivity contribution in [3.8, 4) is 0 Å². The van der Waals surface area contributed by atoms with Crippen molar-refractivity contribution >= 4 is 0 Å². The number of likely N-dealkylation sites (tertiary alicyclic amines) is 1. The molecule has 0 spiro atoms. The number of rotatable bonds is 8. The van der Waals surface area contributed by atoms with Gasteiger partial charge in [0, 0.05) is 43.5 Å². The van der Waals surface area contributed by atoms with E-state index in [4.69, 9.17) is 5.10 Å². The van der Waals surface area contributed by atoms with Gasteiger partial charge in [0.15, 0.2) is 0 Å². The van der Waals surface area contributed by atoms with Gasteiger partial charge < -0.3 is 4.90 Å². The maximum Gasteiger partial charge on any atom is 0.0641 e. The largest absolute Gasteiger partial charge is 0.306 e. The first-order valence-electron chi connectivity index (χ1n) is 10.9. The minimum absolute atomic E-state index is 0.414. The van der Waals surface area contributed by atoms with Gasteiger partial charge >= 0.3 is 0 Å². The quantitative estimate of drug-likeness (QED) is 0.673. The van der Waals surface area contributed by atoms with Gasteiger partial charge in [-0.2, -0.15) is 5.10 Å². The third kappa shape index (κ3) is 5.45. The molecule has 154 valence electrons. The van der Waals surface area contributed by atoms with Crippen LogP contribution in [0.4, 0.5) is 0 Å². The van der Waals surface area contributed by atoms with E-state index < -0.39 is 0 Å². The Morgan fingerprint density at radius 2 is 1.93 bits per heavy atom. The van der Waals surface area contributed by atoms with Gasteiger partial charge in [0.05, 0.1) is 5.69 Å². The van der Waals surface area contributed by atoms with Gasteiger partial charge in [-0.25, -0.2) is 0 Å². The molecule has 1 aliphatic heterocycles. The Hall–Kier alpha value is -1.65. The molecular formula is C24H38N4. The third-order valence-electron chi connectivity index (χ3n) is 6.14. The molecule has 0 amide bonds. The predicted octanol–water partition coefficient (Wildman–Crippen LogP) is 4.47. The van der Waals surface area contributed by atoms with Crippen molar-refractivity contribution < 1.29 is 0 Å². The van der Waals surface area contributed by atoms with Gasteiger partial charge in [-0.3, -0.25) is 9.58 Å². The number of aryl methyl sites for hydroxylation is 1. The lowest BCUT2D eigenvalue weighted by Crippen LogP contribution is -2.39. The van der Waals surface area contributed by atoms with E-state index in [2.05, 4.69) is 79.6 Å². The summed E-state index contributed by atoms with van der Waals surface area (Å²) in [5.74, 6) is 0.773. The number of hydrogen-bond donors (Lipinski definition) is 0. The zero-order chi connectivity index (χ0) is 20.1. The molecular weight excluding hydrogens is 344 g/mol. The summed E-state index contributed by atoms with van der Waals surface area (Å²) in [5, 5.41) is 4.82. The molecule has 0 N–H and O–H groups in total. The zero-order valence-corrected chi connectivity index (χ0v) is 18.5. The van der Waals surface area contributed by atoms with Gasteiger partial charge in [-0.1, -0.05) is 30.3 Å². The molecule has 0 saturated carbocycles. The van der Waals surface area contributed by atoms with Crippen molar-refractivity contribution in [2.45, 2.75) is 59.5 Å². The van der Waals surface area contributed by atoms with Crippen LogP contribution < -0.4 is 0 Å². The summed E-state index contributed by atoms with van der Waals surface area (Å²) < 4.78 is 2.19. The van der Waals surface area contributed by atoms with Crippen molar-refractivity contribution in [1.29, 1.82) is 0 Å². The van der Waals surface area contributed by atoms with E-state index in [1.165, 1.54) is 55.0 Å². The molecule has 2 aromatic rings. The molecule has 1 unspecified atom stereocenters. The average molecular weight is 383 g/mol. The highest BCUT2D eigenvalue weighted by Gasteiger charge is 2.22. The predicted molar refractivity (Wildman–Crippen MR) is 118 cm³/mol. The van der Waals surface area contributed by atoms with Gasteiger partial charge in [0.2, 0.25) is 0 Å². The summed E-state index contributed by atoms with van der Waals surface area (Å²) in [5.41, 5.74) is 5.38. The van der Waals surface area contributed by atoms with Crippen LogP contribution in [0.25, 0.3) is 0 Å². The Labute approximate surface area is 171 Å². The van der Waals surface area contributed by atoms with Crippen molar-refractivity contribution in [2.75, 3.05) is 33.2 Å². The fraction of sp³-hybridized carbons (Fsp3) is 0.625. The Kier molecular flexibility index (Phi) is 7.30. The third-order valence-corrected chi connectivity index (χ3v) is 6.14. The summed E-state index contributed by atoms with van der Waals surface area (Å²) in [6.45, 7) is 14.6. The van der Waals surface area contributed by atoms with E-state index in [9.17, 15) is 0 Å². The van der Waals surface area contributed by atoms with Crippen LogP contribution >= 0.6 is 0 Å². The molecule has 0 aliphatic carbocycles. The normalized spacial score (nSPS) is 18.3. The number of nitrogens with zero attached hydrogens (tertiary/aromatic N) is 4. The minimum Gasteiger partial charge on any atom is -0.306 e. The highest BCUT2D eigenvalue weighted by molar-refractivity contribution is 5.25. The molecule has 1 aromatic heterocycles. The molecule has 28 heavy (non-hydrogen) atoms. The Morgan fingerprint density at radius 3 is 2.57 bits per heavy atom. The van der Waals surface area contributed by atoms with E-state index in [0.29, 0.717) is 6.04 Å². The molecule has 1 aromatic carbocycles. The Balaban J connectivity index is 1.73. The van der Waals surface area contributed by atoms with Crippen LogP contribution in [-0.2, 0) is 13.0 Å². The summed E-state index contributed by atoms with van der Waals surface area (Å²) in [4.78, 5) is 5.18. The standard InChI is InChI=1S/C24H38N4/c1-19(2)28-21(4)24(20(3)25-28)18-27(15-13-22-10-7-6-8-11-22)17-23-12-9-14-26(5)16-23/h6-8,10-11,19,23H,9,12-18H2,1-5H3. The highest BCUT2D eigenvalue weighted by atomic mass is 15.3. The van der Waals surface area contributed by atoms with E-state index in [-0.39, 0.29) is 0 Å². The van der Waals surface area contributed by atoms with E-state index in [1.54, 1.807) is 0 Å². The van der Waals surface area contributed by atoms with Crippen molar-refractivity contribution in [1.82, 2.24) is 19.6 Å². The van der Waals surface area contributed by atoms with Crippen LogP contribution in [0.5, 0.6) is 0 Å². The first-order chi connectivity index (χ1) is 13.4. The van der Waals surface area contributed by atoms with Crippen molar-refractivity contribution in [2.24, 2.45) is 5.92 Å². The molecule has 4 heteroatoms. The van der Waals surface area contributed by atoms with E-state index >= 15 is 0 Å². The number of benzene rings is 1. The van der Waals surface area contributed by atoms with Crippen molar-refractivity contribution in [3.63, 3.8) is 0 Å². The number of hydrogen-bond acceptors (Lipinski definition) is 3. The van der Waals surface area contributed by atoms with Crippen LogP contribution in [0, 0.1) is 19.8 Å². The Morgan fingerprint density at radius 1 is 1.18 bits per heavy atom. The summed E-state index contributed by atoms with van der Waals surface area (Å²) >= 11 is 0. The summed E-state index contributed by atoms with van der Waals surface area (Å²) in [7, 11) is 2.27. The lowest BCUT2D eigenvalue weighted by atomic mass is 9.97. The zero-order valence-electron chi connectivity index (χ0n) is 18.5. The smallest absolute Gasteiger partial charge is 0.0641 e. The molecule has 2 heterocycles. The van der Waals surface area contributed by atoms with Gasteiger partial charge in [-0.05, 0) is 72.0 Å². The second-order valence-corrected chi connectivity index (χ2v) is 8.93. The molecule has 1 saturated heterocycles. The average Bonchev–Trinajstić information content (AvgIpc) is 2.95. The first-order valence-corrected chi connectivity index (χ1v) is 10.9. The Bertz CT molecular complexity index is 735. The lowest BCUT2D eigenvalue weighted by molar-refractivity contribution is 0.148. The SMILES string of the molecule is Cc1nn(C(C)C)c(C)c1CN(CCc1ccccc1)CC1CCCN(C)C1. The molecule has 1 atom stereocenters. The van der Waals surface area contributed by atoms with Crippen LogP contribution in [0.15, 0.2) is 30.3 Å². The van der Waals surface area contributed by atoms with Gasteiger partial charge in [0.1, 0.15) is 0 Å². The first kappa shape index (κ1) is 21.1. The molecule has 0 radical (unpaired) electrons. The monoisotopic (exact) mass is 382 g/mol. The number of aromatic nitrogens is 2. The van der Waals surface area contributed by atoms with E-state index in [1.807, 2.05) is 0 Å². The van der Waals surface area contributed by atoms with Gasteiger partial charge in [0.25, 0.3) is 0 Å². The fourth-order valence-electron chi connectivity index (χ4n) is 4.61. The van der Waals surface area contributed by atoms with Crippen LogP contribution in [0.1, 0.15) is 55.2 Å². The lowest BCUT2D eigenvalue weighted by Gasteiger charge is -2.34. The van der Waals surface area contributed by atoms with Gasteiger partial charge in [-0.15, -0.1) is 0 Å². The number of piperidine rings is 1. The van der Waals surface area contributed by atoms with E-state index in [0.717, 1.165) is 25.4 Å². The molecule has 1 fully saturated rings. The molecule has 0 bridgehead atoms. The topological polar surface area (TPSA) is 24.3 Å². The maximum atomic E-state index is 4.82. The van der Waals surface area contributed by atoms with Crippen LogP contribution in [0.2, 0.25) is 0 Å². The summed E-state index contributed by atoms with van der Waals surface area (Å²) in [6.07, 6.45) is 3.80. The maximum absolute atomic E-state index is 4.82. The summed E-state index contributed by atoms with van der Waals surface area (Å²) in [6, 6.07) is 11.3. The molecule has 4 nitrogen and oxygen atoms in total. The second kappa shape index (κ2) is 9.71. The second-order valence-electron chi connectivity index (χ2n) is 8.93. The fourth-order valence-corrected chi connectivity index (χ4v) is 4.61.